The van der Waals surface area contributed by atoms with Gasteiger partial charge in [0.15, 0.2) is 17.3 Å². The summed E-state index contributed by atoms with van der Waals surface area (Å²) in [6.07, 6.45) is 0. The van der Waals surface area contributed by atoms with Crippen LogP contribution in [0, 0.1) is 0 Å². The highest BCUT2D eigenvalue weighted by Crippen LogP contribution is 2.42. The minimum Gasteiger partial charge on any atom is -0.493 e. The van der Waals surface area contributed by atoms with E-state index in [1.54, 1.807) is 6.07 Å². The highest BCUT2D eigenvalue weighted by molar-refractivity contribution is 6.36. The number of rotatable bonds is 4. The standard InChI is InChI=1S/C11H13ClN4O3/c1-17-6-4-5(12)8-7(9(6)18-2)10(16-13)15-11(14-8)19-3/h4H,13H2,1-3H3,(H,14,15,16). The summed E-state index contributed by atoms with van der Waals surface area (Å²) >= 11 is 6.18. The van der Waals surface area contributed by atoms with Gasteiger partial charge in [-0.2, -0.15) is 9.97 Å². The Balaban J connectivity index is 2.92. The number of nitrogens with two attached hydrogens (primary N) is 1. The maximum atomic E-state index is 6.18. The number of hydrazine groups is 1. The van der Waals surface area contributed by atoms with E-state index < -0.39 is 0 Å². The highest BCUT2D eigenvalue weighted by atomic mass is 35.5. The second-order valence-corrected chi connectivity index (χ2v) is 3.93. The van der Waals surface area contributed by atoms with Crippen molar-refractivity contribution >= 4 is 28.3 Å². The minimum atomic E-state index is 0.148. The summed E-state index contributed by atoms with van der Waals surface area (Å²) in [6, 6.07) is 1.75. The number of nitrogen functional groups attached to an aromatic ring is 1. The average Bonchev–Trinajstić information content (AvgIpc) is 2.45. The number of aromatic nitrogens is 2. The molecule has 8 heteroatoms. The summed E-state index contributed by atoms with van der Waals surface area (Å²) in [4.78, 5) is 8.29. The molecule has 0 radical (unpaired) electrons. The molecule has 0 aliphatic heterocycles. The van der Waals surface area contributed by atoms with Gasteiger partial charge in [0.2, 0.25) is 0 Å². The summed E-state index contributed by atoms with van der Waals surface area (Å²) in [5.74, 6) is 6.71. The number of anilines is 1. The summed E-state index contributed by atoms with van der Waals surface area (Å²) in [5.41, 5.74) is 2.93. The van der Waals surface area contributed by atoms with Crippen LogP contribution in [0.4, 0.5) is 5.82 Å². The molecule has 0 spiro atoms. The molecule has 0 bridgehead atoms. The number of benzene rings is 1. The fourth-order valence-corrected chi connectivity index (χ4v) is 1.99. The van der Waals surface area contributed by atoms with Crippen LogP contribution in [-0.2, 0) is 0 Å². The quantitative estimate of drug-likeness (QED) is 0.651. The Morgan fingerprint density at radius 2 is 1.89 bits per heavy atom. The van der Waals surface area contributed by atoms with Crippen molar-refractivity contribution in [2.45, 2.75) is 0 Å². The zero-order chi connectivity index (χ0) is 14.0. The molecule has 0 aliphatic rings. The van der Waals surface area contributed by atoms with E-state index in [2.05, 4.69) is 15.4 Å². The molecule has 3 N–H and O–H groups in total. The average molecular weight is 285 g/mol. The summed E-state index contributed by atoms with van der Waals surface area (Å²) in [7, 11) is 4.48. The van der Waals surface area contributed by atoms with E-state index in [4.69, 9.17) is 31.7 Å². The van der Waals surface area contributed by atoms with E-state index in [-0.39, 0.29) is 6.01 Å². The fraction of sp³-hybridized carbons (Fsp3) is 0.273. The molecule has 19 heavy (non-hydrogen) atoms. The Kier molecular flexibility index (Phi) is 3.77. The second-order valence-electron chi connectivity index (χ2n) is 3.52. The molecule has 102 valence electrons. The first-order valence-electron chi connectivity index (χ1n) is 5.29. The van der Waals surface area contributed by atoms with Gasteiger partial charge in [-0.1, -0.05) is 11.6 Å². The van der Waals surface area contributed by atoms with Gasteiger partial charge < -0.3 is 19.6 Å². The lowest BCUT2D eigenvalue weighted by Gasteiger charge is -2.14. The smallest absolute Gasteiger partial charge is 0.318 e. The molecule has 0 saturated heterocycles. The second kappa shape index (κ2) is 5.33. The predicted molar refractivity (Wildman–Crippen MR) is 72.0 cm³/mol. The number of fused-ring (bicyclic) bond motifs is 1. The molecule has 1 aromatic carbocycles. The van der Waals surface area contributed by atoms with Crippen molar-refractivity contribution in [1.82, 2.24) is 9.97 Å². The molecule has 0 unspecified atom stereocenters. The Hall–Kier alpha value is -1.99. The summed E-state index contributed by atoms with van der Waals surface area (Å²) in [6.45, 7) is 0. The predicted octanol–water partition coefficient (Wildman–Crippen LogP) is 1.59. The van der Waals surface area contributed by atoms with Gasteiger partial charge in [0.25, 0.3) is 0 Å². The zero-order valence-electron chi connectivity index (χ0n) is 10.7. The third-order valence-electron chi connectivity index (χ3n) is 2.57. The van der Waals surface area contributed by atoms with Gasteiger partial charge in [0.05, 0.1) is 31.7 Å². The summed E-state index contributed by atoms with van der Waals surface area (Å²) in [5, 5.41) is 0.903. The Labute approximate surface area is 114 Å². The van der Waals surface area contributed by atoms with Gasteiger partial charge in [-0.15, -0.1) is 0 Å². The van der Waals surface area contributed by atoms with Crippen molar-refractivity contribution < 1.29 is 14.2 Å². The number of hydrogen-bond donors (Lipinski definition) is 2. The lowest BCUT2D eigenvalue weighted by molar-refractivity contribution is 0.358. The van der Waals surface area contributed by atoms with Gasteiger partial charge in [-0.25, -0.2) is 5.84 Å². The van der Waals surface area contributed by atoms with E-state index in [1.807, 2.05) is 0 Å². The van der Waals surface area contributed by atoms with Gasteiger partial charge in [-0.05, 0) is 0 Å². The van der Waals surface area contributed by atoms with Crippen LogP contribution in [0.1, 0.15) is 0 Å². The topological polar surface area (TPSA) is 91.5 Å². The van der Waals surface area contributed by atoms with E-state index >= 15 is 0 Å². The molecule has 0 amide bonds. The van der Waals surface area contributed by atoms with Crippen LogP contribution in [0.5, 0.6) is 17.5 Å². The minimum absolute atomic E-state index is 0.148. The van der Waals surface area contributed by atoms with Crippen molar-refractivity contribution in [3.63, 3.8) is 0 Å². The first kappa shape index (κ1) is 13.4. The Bertz CT molecular complexity index is 621. The molecule has 2 aromatic rings. The van der Waals surface area contributed by atoms with Gasteiger partial charge in [-0.3, -0.25) is 0 Å². The van der Waals surface area contributed by atoms with Crippen molar-refractivity contribution in [1.29, 1.82) is 0 Å². The molecule has 0 atom stereocenters. The molecule has 1 aromatic heterocycles. The van der Waals surface area contributed by atoms with Crippen molar-refractivity contribution in [2.24, 2.45) is 5.84 Å². The van der Waals surface area contributed by atoms with Crippen LogP contribution in [0.25, 0.3) is 10.9 Å². The molecule has 0 saturated carbocycles. The maximum absolute atomic E-state index is 6.18. The van der Waals surface area contributed by atoms with Gasteiger partial charge >= 0.3 is 6.01 Å². The highest BCUT2D eigenvalue weighted by Gasteiger charge is 2.19. The van der Waals surface area contributed by atoms with Crippen molar-refractivity contribution in [3.05, 3.63) is 11.1 Å². The van der Waals surface area contributed by atoms with Crippen LogP contribution >= 0.6 is 11.6 Å². The van der Waals surface area contributed by atoms with Crippen molar-refractivity contribution in [2.75, 3.05) is 26.8 Å². The number of ether oxygens (including phenoxy) is 3. The molecular weight excluding hydrogens is 272 g/mol. The van der Waals surface area contributed by atoms with Crippen LogP contribution < -0.4 is 25.5 Å². The zero-order valence-corrected chi connectivity index (χ0v) is 11.4. The van der Waals surface area contributed by atoms with Crippen LogP contribution in [0.3, 0.4) is 0 Å². The van der Waals surface area contributed by atoms with Crippen LogP contribution in [0.15, 0.2) is 6.07 Å². The normalized spacial score (nSPS) is 10.4. The third-order valence-corrected chi connectivity index (χ3v) is 2.85. The van der Waals surface area contributed by atoms with Crippen LogP contribution in [0.2, 0.25) is 5.02 Å². The number of methoxy groups -OCH3 is 3. The lowest BCUT2D eigenvalue weighted by atomic mass is 10.2. The van der Waals surface area contributed by atoms with Gasteiger partial charge in [0, 0.05) is 6.07 Å². The van der Waals surface area contributed by atoms with E-state index in [9.17, 15) is 0 Å². The van der Waals surface area contributed by atoms with Gasteiger partial charge in [0.1, 0.15) is 5.52 Å². The molecule has 0 aliphatic carbocycles. The monoisotopic (exact) mass is 284 g/mol. The Morgan fingerprint density at radius 1 is 1.16 bits per heavy atom. The molecule has 1 heterocycles. The van der Waals surface area contributed by atoms with E-state index in [0.29, 0.717) is 33.2 Å². The molecule has 7 nitrogen and oxygen atoms in total. The molecule has 0 fully saturated rings. The van der Waals surface area contributed by atoms with Crippen molar-refractivity contribution in [3.8, 4) is 17.5 Å². The summed E-state index contributed by atoms with van der Waals surface area (Å²) < 4.78 is 15.5. The van der Waals surface area contributed by atoms with E-state index in [0.717, 1.165) is 0 Å². The number of nitrogens with one attached hydrogen (secondary N) is 1. The lowest BCUT2D eigenvalue weighted by Crippen LogP contribution is -2.11. The SMILES string of the molecule is COc1nc(NN)c2c(OC)c(OC)cc(Cl)c2n1. The number of nitrogens with zero attached hydrogens (tertiary/aromatic N) is 2. The fourth-order valence-electron chi connectivity index (χ4n) is 1.75. The first-order valence-corrected chi connectivity index (χ1v) is 5.66. The first-order chi connectivity index (χ1) is 9.15. The van der Waals surface area contributed by atoms with E-state index in [1.165, 1.54) is 21.3 Å². The molecular formula is C11H13ClN4O3. The third kappa shape index (κ3) is 2.18. The number of halogens is 1. The largest absolute Gasteiger partial charge is 0.493 e. The Morgan fingerprint density at radius 3 is 2.42 bits per heavy atom. The maximum Gasteiger partial charge on any atom is 0.318 e. The van der Waals surface area contributed by atoms with Crippen LogP contribution in [-0.4, -0.2) is 31.3 Å². The molecule has 2 rings (SSSR count). The number of hydrogen-bond acceptors (Lipinski definition) is 7.